The summed E-state index contributed by atoms with van der Waals surface area (Å²) in [7, 11) is 0. The zero-order valence-electron chi connectivity index (χ0n) is 10.7. The van der Waals surface area contributed by atoms with Crippen LogP contribution in [0.4, 0.5) is 0 Å². The van der Waals surface area contributed by atoms with Gasteiger partial charge in [0.15, 0.2) is 5.82 Å². The maximum atomic E-state index is 4.79. The minimum Gasteiger partial charge on any atom is -0.304 e. The Morgan fingerprint density at radius 3 is 3.15 bits per heavy atom. The minimum absolute atomic E-state index is 0.226. The Kier molecular flexibility index (Phi) is 2.33. The van der Waals surface area contributed by atoms with Gasteiger partial charge in [0.1, 0.15) is 5.01 Å². The number of thiophene rings is 1. The summed E-state index contributed by atoms with van der Waals surface area (Å²) < 4.78 is 1.96. The van der Waals surface area contributed by atoms with Crippen molar-refractivity contribution in [1.82, 2.24) is 25.1 Å². The lowest BCUT2D eigenvalue weighted by atomic mass is 10.0. The Morgan fingerprint density at radius 2 is 2.25 bits per heavy atom. The molecule has 4 heterocycles. The van der Waals surface area contributed by atoms with Crippen molar-refractivity contribution >= 4 is 27.6 Å². The summed E-state index contributed by atoms with van der Waals surface area (Å²) in [5, 5.41) is 20.2. The van der Waals surface area contributed by atoms with Crippen LogP contribution in [0, 0.1) is 0 Å². The van der Waals surface area contributed by atoms with Crippen molar-refractivity contribution in [2.75, 3.05) is 6.54 Å². The van der Waals surface area contributed by atoms with Crippen molar-refractivity contribution in [3.63, 3.8) is 0 Å². The van der Waals surface area contributed by atoms with Crippen LogP contribution in [-0.4, -0.2) is 26.4 Å². The molecule has 0 amide bonds. The summed E-state index contributed by atoms with van der Waals surface area (Å²) in [4.78, 5) is 2.41. The van der Waals surface area contributed by atoms with E-state index in [0.29, 0.717) is 5.92 Å². The van der Waals surface area contributed by atoms with Crippen molar-refractivity contribution < 1.29 is 0 Å². The first kappa shape index (κ1) is 11.4. The second-order valence-corrected chi connectivity index (χ2v) is 7.39. The zero-order valence-corrected chi connectivity index (χ0v) is 12.4. The van der Waals surface area contributed by atoms with Gasteiger partial charge in [0.05, 0.1) is 6.04 Å². The Balaban J connectivity index is 1.62. The van der Waals surface area contributed by atoms with Crippen LogP contribution in [0.15, 0.2) is 11.4 Å². The number of hydrogen-bond acceptors (Lipinski definition) is 6. The summed E-state index contributed by atoms with van der Waals surface area (Å²) in [6, 6.07) is 2.45. The van der Waals surface area contributed by atoms with E-state index in [4.69, 9.17) is 5.10 Å². The van der Waals surface area contributed by atoms with Gasteiger partial charge in [0.2, 0.25) is 4.96 Å². The third-order valence-corrected chi connectivity index (χ3v) is 5.97. The summed E-state index contributed by atoms with van der Waals surface area (Å²) in [5.41, 5.74) is 1.39. The van der Waals surface area contributed by atoms with E-state index in [-0.39, 0.29) is 6.04 Å². The van der Waals surface area contributed by atoms with Gasteiger partial charge in [-0.3, -0.25) is 0 Å². The molecule has 1 aliphatic heterocycles. The van der Waals surface area contributed by atoms with Gasteiger partial charge in [0.25, 0.3) is 0 Å². The molecule has 1 unspecified atom stereocenters. The normalized spacial score (nSPS) is 22.3. The van der Waals surface area contributed by atoms with Gasteiger partial charge in [-0.15, -0.1) is 21.5 Å². The van der Waals surface area contributed by atoms with E-state index in [2.05, 4.69) is 27.0 Å². The van der Waals surface area contributed by atoms with Crippen LogP contribution in [0.3, 0.4) is 0 Å². The Hall–Kier alpha value is -1.31. The van der Waals surface area contributed by atoms with Crippen LogP contribution in [0.1, 0.15) is 46.1 Å². The number of hydrogen-bond donors (Lipinski definition) is 1. The highest BCUT2D eigenvalue weighted by molar-refractivity contribution is 7.16. The van der Waals surface area contributed by atoms with Gasteiger partial charge in [-0.25, -0.2) is 0 Å². The Morgan fingerprint density at radius 1 is 1.30 bits per heavy atom. The number of rotatable bonds is 2. The van der Waals surface area contributed by atoms with E-state index in [1.807, 2.05) is 15.9 Å². The SMILES string of the molecule is c1cc2c(s1)CCNC2c1nn2c(C3CC3)nnc2s1. The molecule has 1 N–H and O–H groups in total. The van der Waals surface area contributed by atoms with Crippen LogP contribution in [0.2, 0.25) is 0 Å². The van der Waals surface area contributed by atoms with Crippen molar-refractivity contribution in [3.8, 4) is 0 Å². The first-order valence-corrected chi connectivity index (χ1v) is 8.61. The molecule has 102 valence electrons. The average Bonchev–Trinajstić information content (AvgIpc) is 2.90. The lowest BCUT2D eigenvalue weighted by Crippen LogP contribution is -2.29. The van der Waals surface area contributed by atoms with E-state index in [1.54, 1.807) is 11.3 Å². The van der Waals surface area contributed by atoms with Gasteiger partial charge in [-0.05, 0) is 36.3 Å². The third-order valence-electron chi connectivity index (χ3n) is 4.01. The fourth-order valence-electron chi connectivity index (χ4n) is 2.83. The second kappa shape index (κ2) is 4.09. The molecule has 0 saturated heterocycles. The van der Waals surface area contributed by atoms with E-state index >= 15 is 0 Å². The first-order valence-electron chi connectivity index (χ1n) is 6.92. The van der Waals surface area contributed by atoms with Crippen molar-refractivity contribution in [3.05, 3.63) is 32.7 Å². The summed E-state index contributed by atoms with van der Waals surface area (Å²) in [6.45, 7) is 1.02. The van der Waals surface area contributed by atoms with E-state index < -0.39 is 0 Å². The smallest absolute Gasteiger partial charge is 0.234 e. The van der Waals surface area contributed by atoms with Gasteiger partial charge in [0, 0.05) is 17.3 Å². The van der Waals surface area contributed by atoms with Gasteiger partial charge < -0.3 is 5.32 Å². The van der Waals surface area contributed by atoms with Gasteiger partial charge >= 0.3 is 0 Å². The summed E-state index contributed by atoms with van der Waals surface area (Å²) in [6.07, 6.45) is 3.58. The molecular formula is C13H13N5S2. The average molecular weight is 303 g/mol. The van der Waals surface area contributed by atoms with Gasteiger partial charge in [-0.2, -0.15) is 9.61 Å². The summed E-state index contributed by atoms with van der Waals surface area (Å²) in [5.74, 6) is 1.62. The first-order chi connectivity index (χ1) is 9.90. The number of nitrogens with zero attached hydrogens (tertiary/aromatic N) is 4. The lowest BCUT2D eigenvalue weighted by molar-refractivity contribution is 0.565. The Bertz CT molecular complexity index is 782. The molecule has 0 spiro atoms. The highest BCUT2D eigenvalue weighted by Crippen LogP contribution is 2.40. The predicted octanol–water partition coefficient (Wildman–Crippen LogP) is 2.36. The highest BCUT2D eigenvalue weighted by atomic mass is 32.1. The highest BCUT2D eigenvalue weighted by Gasteiger charge is 2.31. The number of nitrogens with one attached hydrogen (secondary N) is 1. The molecule has 3 aromatic rings. The third kappa shape index (κ3) is 1.60. The molecule has 2 aliphatic rings. The number of aromatic nitrogens is 4. The molecule has 3 aromatic heterocycles. The van der Waals surface area contributed by atoms with Crippen molar-refractivity contribution in [1.29, 1.82) is 0 Å². The van der Waals surface area contributed by atoms with Crippen molar-refractivity contribution in [2.45, 2.75) is 31.2 Å². The monoisotopic (exact) mass is 303 g/mol. The second-order valence-electron chi connectivity index (χ2n) is 5.40. The maximum Gasteiger partial charge on any atom is 0.234 e. The van der Waals surface area contributed by atoms with Crippen LogP contribution < -0.4 is 5.32 Å². The molecule has 5 rings (SSSR count). The van der Waals surface area contributed by atoms with E-state index in [1.165, 1.54) is 23.3 Å². The molecule has 5 nitrogen and oxygen atoms in total. The molecule has 0 bridgehead atoms. The minimum atomic E-state index is 0.226. The van der Waals surface area contributed by atoms with Crippen LogP contribution in [-0.2, 0) is 6.42 Å². The standard InChI is InChI=1S/C13H13N5S2/c1-2-7(1)11-15-16-13-18(11)17-12(20-13)10-8-4-6-19-9(8)3-5-14-10/h4,6-7,10,14H,1-3,5H2. The fraction of sp³-hybridized carbons (Fsp3) is 0.462. The maximum absolute atomic E-state index is 4.79. The Labute approximate surface area is 123 Å². The van der Waals surface area contributed by atoms with Crippen LogP contribution >= 0.6 is 22.7 Å². The molecule has 1 fully saturated rings. The molecule has 7 heteroatoms. The molecule has 20 heavy (non-hydrogen) atoms. The summed E-state index contributed by atoms with van der Waals surface area (Å²) >= 11 is 3.51. The van der Waals surface area contributed by atoms with Crippen molar-refractivity contribution in [2.24, 2.45) is 0 Å². The number of fused-ring (bicyclic) bond motifs is 2. The molecule has 1 aliphatic carbocycles. The molecule has 0 radical (unpaired) electrons. The predicted molar refractivity (Wildman–Crippen MR) is 78.5 cm³/mol. The fourth-order valence-corrected chi connectivity index (χ4v) is 4.69. The van der Waals surface area contributed by atoms with E-state index in [9.17, 15) is 0 Å². The van der Waals surface area contributed by atoms with Crippen LogP contribution in [0.5, 0.6) is 0 Å². The van der Waals surface area contributed by atoms with E-state index in [0.717, 1.165) is 28.8 Å². The molecule has 0 aromatic carbocycles. The quantitative estimate of drug-likeness (QED) is 0.789. The topological polar surface area (TPSA) is 55.1 Å². The molecular weight excluding hydrogens is 290 g/mol. The van der Waals surface area contributed by atoms with Gasteiger partial charge in [-0.1, -0.05) is 11.3 Å². The van der Waals surface area contributed by atoms with Crippen LogP contribution in [0.25, 0.3) is 4.96 Å². The largest absolute Gasteiger partial charge is 0.304 e. The zero-order chi connectivity index (χ0) is 13.1. The lowest BCUT2D eigenvalue weighted by Gasteiger charge is -2.21. The molecule has 1 atom stereocenters. The molecule has 1 saturated carbocycles.